The molecule has 0 aromatic carbocycles. The first-order valence-corrected chi connectivity index (χ1v) is 7.20. The fourth-order valence-corrected chi connectivity index (χ4v) is 3.23. The number of nitrogens with one attached hydrogen (secondary N) is 1. The van der Waals surface area contributed by atoms with Crippen LogP contribution in [0.3, 0.4) is 0 Å². The molecule has 0 fully saturated rings. The summed E-state index contributed by atoms with van der Waals surface area (Å²) in [6, 6.07) is 0.338. The predicted molar refractivity (Wildman–Crippen MR) is 74.4 cm³/mol. The Morgan fingerprint density at radius 3 is 3.06 bits per heavy atom. The Labute approximate surface area is 111 Å². The molecular weight excluding hydrogens is 280 g/mol. The van der Waals surface area contributed by atoms with E-state index in [1.165, 1.54) is 12.8 Å². The molecule has 0 aliphatic carbocycles. The van der Waals surface area contributed by atoms with Crippen LogP contribution < -0.4 is 11.1 Å². The number of aromatic nitrogens is 2. The summed E-state index contributed by atoms with van der Waals surface area (Å²) in [6.45, 7) is 6.08. The van der Waals surface area contributed by atoms with Gasteiger partial charge in [-0.2, -0.15) is 5.10 Å². The number of anilines is 1. The van der Waals surface area contributed by atoms with Crippen molar-refractivity contribution in [2.45, 2.75) is 45.1 Å². The van der Waals surface area contributed by atoms with Gasteiger partial charge in [0.1, 0.15) is 5.82 Å². The molecule has 0 radical (unpaired) electrons. The van der Waals surface area contributed by atoms with Gasteiger partial charge in [-0.1, -0.05) is 20.3 Å². The summed E-state index contributed by atoms with van der Waals surface area (Å²) in [5, 5.41) is 8.16. The van der Waals surface area contributed by atoms with Gasteiger partial charge in [0.05, 0.1) is 16.2 Å². The van der Waals surface area contributed by atoms with Crippen LogP contribution in [0.5, 0.6) is 0 Å². The van der Waals surface area contributed by atoms with Crippen molar-refractivity contribution in [1.29, 1.82) is 0 Å². The number of halogens is 1. The maximum absolute atomic E-state index is 5.81. The van der Waals surface area contributed by atoms with Crippen LogP contribution in [0.15, 0.2) is 4.47 Å². The van der Waals surface area contributed by atoms with Crippen LogP contribution in [-0.2, 0) is 0 Å². The average Bonchev–Trinajstić information content (AvgIpc) is 2.67. The molecule has 0 amide bonds. The van der Waals surface area contributed by atoms with Gasteiger partial charge >= 0.3 is 0 Å². The first kappa shape index (κ1) is 12.9. The lowest BCUT2D eigenvalue weighted by atomic mass is 10.0. The lowest BCUT2D eigenvalue weighted by Gasteiger charge is -2.24. The van der Waals surface area contributed by atoms with Crippen molar-refractivity contribution in [2.75, 3.05) is 18.4 Å². The second-order valence-corrected chi connectivity index (χ2v) is 5.58. The molecule has 0 saturated carbocycles. The summed E-state index contributed by atoms with van der Waals surface area (Å²) in [7, 11) is 0. The first-order valence-electron chi connectivity index (χ1n) is 6.40. The van der Waals surface area contributed by atoms with Crippen LogP contribution >= 0.6 is 15.9 Å². The topological polar surface area (TPSA) is 55.9 Å². The number of rotatable bonds is 4. The van der Waals surface area contributed by atoms with Gasteiger partial charge in [-0.15, -0.1) is 0 Å². The highest BCUT2D eigenvalue weighted by Gasteiger charge is 2.26. The molecule has 2 unspecified atom stereocenters. The summed E-state index contributed by atoms with van der Waals surface area (Å²) in [4.78, 5) is 0. The monoisotopic (exact) mass is 300 g/mol. The van der Waals surface area contributed by atoms with E-state index in [2.05, 4.69) is 39.8 Å². The molecule has 1 aliphatic heterocycles. The maximum Gasteiger partial charge on any atom is 0.139 e. The van der Waals surface area contributed by atoms with Crippen molar-refractivity contribution in [2.24, 2.45) is 5.73 Å². The van der Waals surface area contributed by atoms with Crippen molar-refractivity contribution in [1.82, 2.24) is 9.78 Å². The van der Waals surface area contributed by atoms with Gasteiger partial charge in [0.2, 0.25) is 0 Å². The van der Waals surface area contributed by atoms with Crippen LogP contribution in [0.4, 0.5) is 5.82 Å². The summed E-state index contributed by atoms with van der Waals surface area (Å²) >= 11 is 3.68. The smallest absolute Gasteiger partial charge is 0.139 e. The molecule has 2 atom stereocenters. The Balaban J connectivity index is 2.34. The summed E-state index contributed by atoms with van der Waals surface area (Å²) in [5.41, 5.74) is 6.97. The second-order valence-electron chi connectivity index (χ2n) is 4.79. The van der Waals surface area contributed by atoms with Gasteiger partial charge in [0.15, 0.2) is 0 Å². The lowest BCUT2D eigenvalue weighted by molar-refractivity contribution is 0.422. The van der Waals surface area contributed by atoms with Crippen LogP contribution in [0.25, 0.3) is 0 Å². The molecule has 17 heavy (non-hydrogen) atoms. The molecule has 1 aliphatic rings. The molecule has 96 valence electrons. The molecule has 1 aromatic rings. The van der Waals surface area contributed by atoms with Crippen LogP contribution in [0.2, 0.25) is 0 Å². The predicted octanol–water partition coefficient (Wildman–Crippen LogP) is 2.86. The van der Waals surface area contributed by atoms with E-state index in [1.54, 1.807) is 0 Å². The van der Waals surface area contributed by atoms with E-state index in [-0.39, 0.29) is 0 Å². The van der Waals surface area contributed by atoms with Crippen molar-refractivity contribution in [3.05, 3.63) is 10.2 Å². The normalized spacial score (nSPS) is 20.8. The minimum atomic E-state index is 0.338. The highest BCUT2D eigenvalue weighted by Crippen LogP contribution is 2.37. The van der Waals surface area contributed by atoms with E-state index >= 15 is 0 Å². The SMILES string of the molecule is CCCC(C)c1nn2c(c1Br)NCCC2CN. The molecule has 3 N–H and O–H groups in total. The molecular formula is C12H21BrN4. The number of hydrogen-bond donors (Lipinski definition) is 2. The van der Waals surface area contributed by atoms with Crippen molar-refractivity contribution < 1.29 is 0 Å². The summed E-state index contributed by atoms with van der Waals surface area (Å²) in [6.07, 6.45) is 3.41. The second kappa shape index (κ2) is 5.40. The van der Waals surface area contributed by atoms with E-state index in [0.717, 1.165) is 29.0 Å². The molecule has 2 rings (SSSR count). The van der Waals surface area contributed by atoms with Crippen LogP contribution in [0, 0.1) is 0 Å². The highest BCUT2D eigenvalue weighted by atomic mass is 79.9. The van der Waals surface area contributed by atoms with Crippen molar-refractivity contribution in [3.8, 4) is 0 Å². The Bertz CT molecular complexity index is 388. The number of nitrogens with two attached hydrogens (primary N) is 1. The van der Waals surface area contributed by atoms with E-state index < -0.39 is 0 Å². The molecule has 1 aromatic heterocycles. The lowest BCUT2D eigenvalue weighted by Crippen LogP contribution is -2.28. The third kappa shape index (κ3) is 2.36. The molecule has 2 heterocycles. The Kier molecular flexibility index (Phi) is 4.09. The van der Waals surface area contributed by atoms with Gasteiger partial charge in [-0.3, -0.25) is 0 Å². The largest absolute Gasteiger partial charge is 0.369 e. The van der Waals surface area contributed by atoms with E-state index in [9.17, 15) is 0 Å². The van der Waals surface area contributed by atoms with E-state index in [1.807, 2.05) is 0 Å². The zero-order valence-electron chi connectivity index (χ0n) is 10.5. The van der Waals surface area contributed by atoms with Crippen molar-refractivity contribution in [3.63, 3.8) is 0 Å². The fraction of sp³-hybridized carbons (Fsp3) is 0.750. The Morgan fingerprint density at radius 1 is 1.65 bits per heavy atom. The quantitative estimate of drug-likeness (QED) is 0.899. The molecule has 0 saturated heterocycles. The zero-order chi connectivity index (χ0) is 12.4. The fourth-order valence-electron chi connectivity index (χ4n) is 2.44. The molecule has 4 nitrogen and oxygen atoms in total. The number of nitrogens with zero attached hydrogens (tertiary/aromatic N) is 2. The number of fused-ring (bicyclic) bond motifs is 1. The number of hydrogen-bond acceptors (Lipinski definition) is 3. The average molecular weight is 301 g/mol. The summed E-state index contributed by atoms with van der Waals surface area (Å²) in [5.74, 6) is 1.59. The standard InChI is InChI=1S/C12H21BrN4/c1-3-4-8(2)11-10(13)12-15-6-5-9(7-14)17(12)16-11/h8-9,15H,3-7,14H2,1-2H3. The van der Waals surface area contributed by atoms with Crippen LogP contribution in [0.1, 0.15) is 50.8 Å². The zero-order valence-corrected chi connectivity index (χ0v) is 12.1. The van der Waals surface area contributed by atoms with E-state index in [0.29, 0.717) is 18.5 Å². The molecule has 5 heteroatoms. The van der Waals surface area contributed by atoms with E-state index in [4.69, 9.17) is 10.8 Å². The minimum Gasteiger partial charge on any atom is -0.369 e. The summed E-state index contributed by atoms with van der Waals surface area (Å²) < 4.78 is 3.19. The van der Waals surface area contributed by atoms with Gasteiger partial charge in [0.25, 0.3) is 0 Å². The maximum atomic E-state index is 5.81. The third-order valence-corrected chi connectivity index (χ3v) is 4.24. The van der Waals surface area contributed by atoms with Gasteiger partial charge in [-0.25, -0.2) is 4.68 Å². The van der Waals surface area contributed by atoms with Gasteiger partial charge < -0.3 is 11.1 Å². The van der Waals surface area contributed by atoms with Crippen molar-refractivity contribution >= 4 is 21.7 Å². The highest BCUT2D eigenvalue weighted by molar-refractivity contribution is 9.10. The van der Waals surface area contributed by atoms with Crippen LogP contribution in [-0.4, -0.2) is 22.9 Å². The van der Waals surface area contributed by atoms with Gasteiger partial charge in [0, 0.05) is 19.0 Å². The Morgan fingerprint density at radius 2 is 2.41 bits per heavy atom. The first-order chi connectivity index (χ1) is 8.19. The Hall–Kier alpha value is -0.550. The minimum absolute atomic E-state index is 0.338. The molecule has 0 spiro atoms. The van der Waals surface area contributed by atoms with Gasteiger partial charge in [-0.05, 0) is 28.8 Å². The molecule has 0 bridgehead atoms. The third-order valence-electron chi connectivity index (χ3n) is 3.45.